The third-order valence-corrected chi connectivity index (χ3v) is 4.06. The maximum Gasteiger partial charge on any atom is 0.286 e. The van der Waals surface area contributed by atoms with Gasteiger partial charge in [0.2, 0.25) is 23.5 Å². The van der Waals surface area contributed by atoms with Gasteiger partial charge in [-0.3, -0.25) is 14.4 Å². The number of nitrogens with two attached hydrogens (primary N) is 1. The Morgan fingerprint density at radius 2 is 1.90 bits per heavy atom. The number of benzene rings is 1. The number of nitrogens with one attached hydrogen (secondary N) is 1. The van der Waals surface area contributed by atoms with Gasteiger partial charge in [0.15, 0.2) is 0 Å². The van der Waals surface area contributed by atoms with Crippen molar-refractivity contribution < 1.29 is 27.6 Å². The molecule has 0 aliphatic rings. The summed E-state index contributed by atoms with van der Waals surface area (Å²) in [5, 5.41) is 9.46. The molecule has 0 aliphatic heterocycles. The Balaban J connectivity index is 1.96. The smallest absolute Gasteiger partial charge is 0.286 e. The van der Waals surface area contributed by atoms with Crippen molar-refractivity contribution >= 4 is 17.6 Å². The number of carbonyl (C=O) groups is 3. The molecule has 0 radical (unpaired) electrons. The third-order valence-electron chi connectivity index (χ3n) is 4.06. The van der Waals surface area contributed by atoms with Crippen LogP contribution in [0.25, 0.3) is 0 Å². The highest BCUT2D eigenvalue weighted by atomic mass is 19.3. The van der Waals surface area contributed by atoms with Crippen LogP contribution in [0.1, 0.15) is 48.3 Å². The highest BCUT2D eigenvalue weighted by Gasteiger charge is 2.32. The molecule has 3 N–H and O–H groups in total. The second-order valence-corrected chi connectivity index (χ2v) is 6.53. The van der Waals surface area contributed by atoms with E-state index in [2.05, 4.69) is 15.5 Å². The number of amides is 2. The van der Waals surface area contributed by atoms with Crippen molar-refractivity contribution in [2.45, 2.75) is 51.0 Å². The lowest BCUT2D eigenvalue weighted by atomic mass is 10.0. The minimum Gasteiger partial charge on any atom is -0.418 e. The standard InChI is InChI=1S/C19H22F2N4O4/c1-2-16-24-25-18(29-16)17(28)13(10-14(22)26)23-15(27)8-9-19(20,21)11-12-6-4-3-5-7-12/h3-7,13H,2,8-11H2,1H3,(H2,22,26)(H,23,27)/t13-/m0/s1. The van der Waals surface area contributed by atoms with Gasteiger partial charge in [-0.25, -0.2) is 8.78 Å². The first kappa shape index (κ1) is 22.1. The van der Waals surface area contributed by atoms with Crippen molar-refractivity contribution in [2.24, 2.45) is 5.73 Å². The molecular formula is C19H22F2N4O4. The minimum atomic E-state index is -3.11. The molecule has 1 heterocycles. The molecule has 2 rings (SSSR count). The maximum atomic E-state index is 14.1. The highest BCUT2D eigenvalue weighted by Crippen LogP contribution is 2.25. The number of hydrogen-bond donors (Lipinski definition) is 2. The number of ketones is 1. The van der Waals surface area contributed by atoms with E-state index in [9.17, 15) is 23.2 Å². The Kier molecular flexibility index (Phi) is 7.52. The van der Waals surface area contributed by atoms with Gasteiger partial charge in [-0.1, -0.05) is 37.3 Å². The third kappa shape index (κ3) is 7.05. The number of rotatable bonds is 11. The Morgan fingerprint density at radius 3 is 2.48 bits per heavy atom. The van der Waals surface area contributed by atoms with Crippen LogP contribution >= 0.6 is 0 Å². The van der Waals surface area contributed by atoms with Gasteiger partial charge in [0.05, 0.1) is 6.42 Å². The van der Waals surface area contributed by atoms with Gasteiger partial charge in [-0.2, -0.15) is 0 Å². The van der Waals surface area contributed by atoms with E-state index in [1.165, 1.54) is 0 Å². The van der Waals surface area contributed by atoms with Crippen LogP contribution in [0.15, 0.2) is 34.7 Å². The molecule has 0 fully saturated rings. The number of nitrogens with zero attached hydrogens (tertiary/aromatic N) is 2. The lowest BCUT2D eigenvalue weighted by molar-refractivity contribution is -0.124. The Hall–Kier alpha value is -3.17. The van der Waals surface area contributed by atoms with Crippen molar-refractivity contribution in [1.82, 2.24) is 15.5 Å². The van der Waals surface area contributed by atoms with E-state index in [-0.39, 0.29) is 11.8 Å². The summed E-state index contributed by atoms with van der Waals surface area (Å²) in [6, 6.07) is 6.81. The normalized spacial score (nSPS) is 12.4. The zero-order valence-corrected chi connectivity index (χ0v) is 15.9. The van der Waals surface area contributed by atoms with E-state index in [0.717, 1.165) is 0 Å². The lowest BCUT2D eigenvalue weighted by Crippen LogP contribution is -2.44. The van der Waals surface area contributed by atoms with Gasteiger partial charge < -0.3 is 15.5 Å². The number of aromatic nitrogens is 2. The van der Waals surface area contributed by atoms with Crippen molar-refractivity contribution in [1.29, 1.82) is 0 Å². The zero-order valence-electron chi connectivity index (χ0n) is 15.9. The topological polar surface area (TPSA) is 128 Å². The summed E-state index contributed by atoms with van der Waals surface area (Å²) in [7, 11) is 0. The molecule has 2 amide bonds. The second kappa shape index (κ2) is 9.85. The summed E-state index contributed by atoms with van der Waals surface area (Å²) in [4.78, 5) is 35.8. The van der Waals surface area contributed by atoms with Crippen LogP contribution in [0.3, 0.4) is 0 Å². The summed E-state index contributed by atoms with van der Waals surface area (Å²) in [5.41, 5.74) is 5.56. The van der Waals surface area contributed by atoms with Gasteiger partial charge in [0.1, 0.15) is 6.04 Å². The molecule has 0 saturated carbocycles. The molecule has 1 atom stereocenters. The second-order valence-electron chi connectivity index (χ2n) is 6.53. The average molecular weight is 408 g/mol. The predicted molar refractivity (Wildman–Crippen MR) is 98.1 cm³/mol. The predicted octanol–water partition coefficient (Wildman–Crippen LogP) is 1.83. The van der Waals surface area contributed by atoms with Gasteiger partial charge in [-0.15, -0.1) is 10.2 Å². The fourth-order valence-electron chi connectivity index (χ4n) is 2.60. The molecule has 0 unspecified atom stereocenters. The Morgan fingerprint density at radius 1 is 1.21 bits per heavy atom. The number of hydrogen-bond acceptors (Lipinski definition) is 6. The first-order valence-electron chi connectivity index (χ1n) is 9.06. The highest BCUT2D eigenvalue weighted by molar-refractivity contribution is 6.00. The van der Waals surface area contributed by atoms with E-state index in [1.54, 1.807) is 37.3 Å². The lowest BCUT2D eigenvalue weighted by Gasteiger charge is -2.18. The Bertz CT molecular complexity index is 855. The molecule has 0 aliphatic carbocycles. The fraction of sp³-hybridized carbons (Fsp3) is 0.421. The molecule has 10 heteroatoms. The van der Waals surface area contributed by atoms with Crippen molar-refractivity contribution in [3.8, 4) is 0 Å². The van der Waals surface area contributed by atoms with E-state index in [1.807, 2.05) is 0 Å². The molecule has 0 spiro atoms. The fourth-order valence-corrected chi connectivity index (χ4v) is 2.60. The average Bonchev–Trinajstić information content (AvgIpc) is 3.15. The molecule has 1 aromatic heterocycles. The summed E-state index contributed by atoms with van der Waals surface area (Å²) >= 11 is 0. The number of primary amides is 1. The summed E-state index contributed by atoms with van der Waals surface area (Å²) in [6.07, 6.45) is -1.89. The van der Waals surface area contributed by atoms with Crippen molar-refractivity contribution in [3.05, 3.63) is 47.7 Å². The molecule has 0 bridgehead atoms. The van der Waals surface area contributed by atoms with Crippen LogP contribution in [0.4, 0.5) is 8.78 Å². The largest absolute Gasteiger partial charge is 0.418 e. The van der Waals surface area contributed by atoms with Crippen LogP contribution in [0.2, 0.25) is 0 Å². The van der Waals surface area contributed by atoms with E-state index < -0.39 is 55.2 Å². The zero-order chi connectivity index (χ0) is 21.4. The SMILES string of the molecule is CCc1nnc(C(=O)[C@H](CC(N)=O)NC(=O)CCC(F)(F)Cc2ccccc2)o1. The number of Topliss-reactive ketones (excluding diaryl/α,β-unsaturated/α-hetero) is 1. The number of carbonyl (C=O) groups excluding carboxylic acids is 3. The number of aryl methyl sites for hydroxylation is 1. The first-order chi connectivity index (χ1) is 13.7. The van der Waals surface area contributed by atoms with Crippen molar-refractivity contribution in [2.75, 3.05) is 0 Å². The Labute approximate surface area is 165 Å². The maximum absolute atomic E-state index is 14.1. The van der Waals surface area contributed by atoms with Crippen LogP contribution in [-0.2, 0) is 22.4 Å². The molecule has 156 valence electrons. The van der Waals surface area contributed by atoms with Crippen LogP contribution in [0.5, 0.6) is 0 Å². The molecule has 8 nitrogen and oxygen atoms in total. The van der Waals surface area contributed by atoms with Gasteiger partial charge >= 0.3 is 0 Å². The van der Waals surface area contributed by atoms with E-state index in [4.69, 9.17) is 10.2 Å². The first-order valence-corrected chi connectivity index (χ1v) is 9.06. The van der Waals surface area contributed by atoms with Crippen LogP contribution in [-0.4, -0.2) is 39.8 Å². The van der Waals surface area contributed by atoms with Crippen LogP contribution < -0.4 is 11.1 Å². The summed E-state index contributed by atoms with van der Waals surface area (Å²) in [6.45, 7) is 1.74. The molecular weight excluding hydrogens is 386 g/mol. The van der Waals surface area contributed by atoms with E-state index >= 15 is 0 Å². The molecule has 0 saturated heterocycles. The summed E-state index contributed by atoms with van der Waals surface area (Å²) < 4.78 is 33.4. The van der Waals surface area contributed by atoms with Crippen LogP contribution in [0, 0.1) is 0 Å². The number of halogens is 2. The summed E-state index contributed by atoms with van der Waals surface area (Å²) in [5.74, 6) is -5.76. The quantitative estimate of drug-likeness (QED) is 0.546. The number of alkyl halides is 2. The minimum absolute atomic E-state index is 0.207. The molecule has 1 aromatic carbocycles. The van der Waals surface area contributed by atoms with Gasteiger partial charge in [0, 0.05) is 25.7 Å². The monoisotopic (exact) mass is 408 g/mol. The molecule has 2 aromatic rings. The van der Waals surface area contributed by atoms with Gasteiger partial charge in [-0.05, 0) is 5.56 Å². The van der Waals surface area contributed by atoms with E-state index in [0.29, 0.717) is 12.0 Å². The van der Waals surface area contributed by atoms with Gasteiger partial charge in [0.25, 0.3) is 11.8 Å². The molecule has 29 heavy (non-hydrogen) atoms. The van der Waals surface area contributed by atoms with Crippen molar-refractivity contribution in [3.63, 3.8) is 0 Å².